The Kier molecular flexibility index (Phi) is 25.0. The van der Waals surface area contributed by atoms with E-state index in [9.17, 15) is 0 Å². The van der Waals surface area contributed by atoms with E-state index in [4.69, 9.17) is 9.98 Å². The Bertz CT molecular complexity index is 1160. The fraction of sp³-hybridized carbons (Fsp3) is 0.682. The fourth-order valence-corrected chi connectivity index (χ4v) is 6.79. The van der Waals surface area contributed by atoms with Crippen molar-refractivity contribution in [1.82, 2.24) is 0 Å². The summed E-state index contributed by atoms with van der Waals surface area (Å²) in [4.78, 5) is 10.4. The maximum atomic E-state index is 5.22. The van der Waals surface area contributed by atoms with Gasteiger partial charge in [0.15, 0.2) is 0 Å². The molecule has 0 N–H and O–H groups in total. The van der Waals surface area contributed by atoms with Crippen molar-refractivity contribution in [3.8, 4) is 0 Å². The van der Waals surface area contributed by atoms with Crippen LogP contribution in [0.1, 0.15) is 191 Å². The van der Waals surface area contributed by atoms with Crippen LogP contribution in [-0.4, -0.2) is 11.4 Å². The van der Waals surface area contributed by atoms with E-state index in [-0.39, 0.29) is 16.5 Å². The van der Waals surface area contributed by atoms with Crippen LogP contribution in [-0.2, 0) is 42.2 Å². The van der Waals surface area contributed by atoms with Crippen LogP contribution in [0, 0.1) is 6.92 Å². The Balaban J connectivity index is 0.0000110. The number of unbranched alkanes of at least 4 members (excludes halogenated alkanes) is 14. The first kappa shape index (κ1) is 43.3. The molecule has 0 aliphatic heterocycles. The first-order valence-electron chi connectivity index (χ1n) is 19.8. The van der Waals surface area contributed by atoms with Gasteiger partial charge in [-0.05, 0) is 124 Å². The Hall–Kier alpha value is -1.73. The minimum absolute atomic E-state index is 0. The summed E-state index contributed by atoms with van der Waals surface area (Å²) in [6.45, 7) is 15.9. The summed E-state index contributed by atoms with van der Waals surface area (Å²) in [5, 5.41) is 0. The average Bonchev–Trinajstić information content (AvgIpc) is 3.05. The summed E-state index contributed by atoms with van der Waals surface area (Å²) < 4.78 is 0. The zero-order valence-corrected chi connectivity index (χ0v) is 33.0. The summed E-state index contributed by atoms with van der Waals surface area (Å²) in [7, 11) is 0. The summed E-state index contributed by atoms with van der Waals surface area (Å²) in [6, 6.07) is 11.7. The molecule has 2 aromatic carbocycles. The predicted octanol–water partition coefficient (Wildman–Crippen LogP) is 14.0. The maximum absolute atomic E-state index is 5.22. The molecule has 0 saturated carbocycles. The Morgan fingerprint density at radius 2 is 0.979 bits per heavy atom. The number of benzene rings is 2. The van der Waals surface area contributed by atoms with Gasteiger partial charge in [0.05, 0.1) is 22.8 Å². The van der Waals surface area contributed by atoms with E-state index < -0.39 is 0 Å². The Morgan fingerprint density at radius 1 is 0.489 bits per heavy atom. The predicted molar refractivity (Wildman–Crippen MR) is 211 cm³/mol. The normalized spacial score (nSPS) is 12.1. The van der Waals surface area contributed by atoms with Crippen molar-refractivity contribution in [2.75, 3.05) is 0 Å². The molecule has 270 valence electrons. The number of hydrogen-bond donors (Lipinski definition) is 0. The monoisotopic (exact) mass is 689 g/mol. The molecule has 0 atom stereocenters. The molecule has 3 heteroatoms. The minimum atomic E-state index is 0. The molecule has 0 saturated heterocycles. The molecule has 0 radical (unpaired) electrons. The van der Waals surface area contributed by atoms with Crippen molar-refractivity contribution in [3.63, 3.8) is 0 Å². The van der Waals surface area contributed by atoms with Crippen molar-refractivity contribution in [2.24, 2.45) is 9.98 Å². The van der Waals surface area contributed by atoms with Crippen LogP contribution >= 0.6 is 0 Å². The van der Waals surface area contributed by atoms with E-state index >= 15 is 0 Å². The standard InChI is InChI=1S/C44H72N2.Ni.2H/c1-8-13-17-20-22-25-28-38-31-32-41(34-39(38)29-24-19-15-10-3)46-44(12-5)37(7)45-42-33-36(6)43(40(35-42)27-16-11-4)30-26-23-21-18-14-9-2;;;/h31-35H,8-30H2,1-7H3;;;. The third kappa shape index (κ3) is 17.5. The second-order valence-electron chi connectivity index (χ2n) is 13.9. The quantitative estimate of drug-likeness (QED) is 0.0534. The molecule has 0 unspecified atom stereocenters. The second kappa shape index (κ2) is 27.1. The summed E-state index contributed by atoms with van der Waals surface area (Å²) in [5.74, 6) is 0. The van der Waals surface area contributed by atoms with Gasteiger partial charge < -0.3 is 0 Å². The van der Waals surface area contributed by atoms with Gasteiger partial charge in [-0.3, -0.25) is 9.98 Å². The van der Waals surface area contributed by atoms with Gasteiger partial charge in [0.25, 0.3) is 0 Å². The first-order valence-corrected chi connectivity index (χ1v) is 19.8. The zero-order valence-electron chi connectivity index (χ0n) is 31.9. The van der Waals surface area contributed by atoms with Gasteiger partial charge in [-0.1, -0.05) is 131 Å². The van der Waals surface area contributed by atoms with Gasteiger partial charge in [0.2, 0.25) is 0 Å². The zero-order chi connectivity index (χ0) is 33.4. The van der Waals surface area contributed by atoms with Crippen molar-refractivity contribution < 1.29 is 16.5 Å². The molecule has 0 aromatic heterocycles. The van der Waals surface area contributed by atoms with Gasteiger partial charge in [-0.2, -0.15) is 0 Å². The number of hydrogen-bond acceptors (Lipinski definition) is 2. The molecule has 0 amide bonds. The van der Waals surface area contributed by atoms with E-state index in [1.165, 1.54) is 152 Å². The molecule has 2 rings (SSSR count). The van der Waals surface area contributed by atoms with Gasteiger partial charge in [-0.15, -0.1) is 0 Å². The van der Waals surface area contributed by atoms with Gasteiger partial charge in [0.1, 0.15) is 0 Å². The molecule has 0 heterocycles. The summed E-state index contributed by atoms with van der Waals surface area (Å²) >= 11 is 0. The van der Waals surface area contributed by atoms with E-state index in [1.807, 2.05) is 0 Å². The van der Waals surface area contributed by atoms with Crippen LogP contribution in [0.4, 0.5) is 11.4 Å². The van der Waals surface area contributed by atoms with Crippen LogP contribution in [0.3, 0.4) is 0 Å². The molecule has 0 fully saturated rings. The molecule has 47 heavy (non-hydrogen) atoms. The van der Waals surface area contributed by atoms with E-state index in [2.05, 4.69) is 78.8 Å². The molecule has 0 aliphatic carbocycles. The Morgan fingerprint density at radius 3 is 1.57 bits per heavy atom. The van der Waals surface area contributed by atoms with Crippen LogP contribution < -0.4 is 0 Å². The molecular formula is C44H74N2Ni. The topological polar surface area (TPSA) is 24.7 Å². The van der Waals surface area contributed by atoms with Crippen LogP contribution in [0.5, 0.6) is 0 Å². The third-order valence-electron chi connectivity index (χ3n) is 9.73. The van der Waals surface area contributed by atoms with Crippen molar-refractivity contribution >= 4 is 22.8 Å². The van der Waals surface area contributed by atoms with Crippen molar-refractivity contribution in [1.29, 1.82) is 0 Å². The third-order valence-corrected chi connectivity index (χ3v) is 9.73. The fourth-order valence-electron chi connectivity index (χ4n) is 6.79. The SMILES string of the molecule is CCCCCCCCc1ccc(N=C(CC)C(C)=Nc2cc(C)c(CCCCCCCC)c(CCCC)c2)cc1CCCCCC.[NiH2]. The van der Waals surface area contributed by atoms with Gasteiger partial charge >= 0.3 is 16.5 Å². The number of rotatable bonds is 26. The number of nitrogens with zero attached hydrogens (tertiary/aromatic N) is 2. The number of aliphatic imine (C=N–C) groups is 2. The summed E-state index contributed by atoms with van der Waals surface area (Å²) in [6.07, 6.45) is 29.5. The molecular weight excluding hydrogens is 615 g/mol. The molecule has 0 bridgehead atoms. The van der Waals surface area contributed by atoms with E-state index in [1.54, 1.807) is 11.1 Å². The Labute approximate surface area is 302 Å². The van der Waals surface area contributed by atoms with Crippen LogP contribution in [0.15, 0.2) is 40.3 Å². The average molecular weight is 690 g/mol. The molecule has 2 aromatic rings. The van der Waals surface area contributed by atoms with Gasteiger partial charge in [-0.25, -0.2) is 0 Å². The van der Waals surface area contributed by atoms with E-state index in [0.29, 0.717) is 0 Å². The summed E-state index contributed by atoms with van der Waals surface area (Å²) in [5.41, 5.74) is 11.9. The molecule has 0 spiro atoms. The molecule has 0 aliphatic rings. The van der Waals surface area contributed by atoms with Crippen molar-refractivity contribution in [3.05, 3.63) is 58.1 Å². The molecule has 2 nitrogen and oxygen atoms in total. The number of aryl methyl sites for hydroxylation is 4. The van der Waals surface area contributed by atoms with Gasteiger partial charge in [0, 0.05) is 0 Å². The van der Waals surface area contributed by atoms with Crippen molar-refractivity contribution in [2.45, 2.75) is 196 Å². The first-order chi connectivity index (χ1) is 22.5. The van der Waals surface area contributed by atoms with Crippen LogP contribution in [0.25, 0.3) is 0 Å². The van der Waals surface area contributed by atoms with Crippen LogP contribution in [0.2, 0.25) is 0 Å². The second-order valence-corrected chi connectivity index (χ2v) is 13.9. The van der Waals surface area contributed by atoms with E-state index in [0.717, 1.165) is 35.6 Å².